The van der Waals surface area contributed by atoms with Gasteiger partial charge in [-0.25, -0.2) is 9.78 Å². The number of carboxylic acids is 1. The van der Waals surface area contributed by atoms with Crippen LogP contribution in [0.3, 0.4) is 0 Å². The van der Waals surface area contributed by atoms with Crippen LogP contribution in [0.4, 0.5) is 0 Å². The summed E-state index contributed by atoms with van der Waals surface area (Å²) in [5.74, 6) is 1.00. The first kappa shape index (κ1) is 41.7. The van der Waals surface area contributed by atoms with E-state index < -0.39 is 18.1 Å². The van der Waals surface area contributed by atoms with E-state index in [1.807, 2.05) is 97.1 Å². The Morgan fingerprint density at radius 3 is 2.34 bits per heavy atom. The number of hydrogen-bond acceptors (Lipinski definition) is 8. The summed E-state index contributed by atoms with van der Waals surface area (Å²) in [4.78, 5) is 33.5. The number of aromatic nitrogens is 1. The van der Waals surface area contributed by atoms with Crippen molar-refractivity contribution in [1.29, 1.82) is 0 Å². The van der Waals surface area contributed by atoms with E-state index in [2.05, 4.69) is 34.3 Å². The van der Waals surface area contributed by atoms with Crippen molar-refractivity contribution in [2.75, 3.05) is 13.7 Å². The van der Waals surface area contributed by atoms with Gasteiger partial charge >= 0.3 is 5.97 Å². The van der Waals surface area contributed by atoms with Gasteiger partial charge in [0.25, 0.3) is 0 Å². The van der Waals surface area contributed by atoms with Crippen LogP contribution in [0, 0.1) is 0 Å². The van der Waals surface area contributed by atoms with Gasteiger partial charge in [-0.3, -0.25) is 9.69 Å². The number of ether oxygens (including phenoxy) is 4. The highest BCUT2D eigenvalue weighted by molar-refractivity contribution is 6.42. The lowest BCUT2D eigenvalue weighted by Crippen LogP contribution is -2.55. The van der Waals surface area contributed by atoms with E-state index in [4.69, 9.17) is 42.1 Å². The van der Waals surface area contributed by atoms with Crippen LogP contribution in [0.25, 0.3) is 11.1 Å². The molecule has 312 valence electrons. The third-order valence-corrected chi connectivity index (χ3v) is 12.0. The summed E-state index contributed by atoms with van der Waals surface area (Å²) in [6.07, 6.45) is 2.56. The fourth-order valence-corrected chi connectivity index (χ4v) is 8.38. The van der Waals surface area contributed by atoms with Gasteiger partial charge in [0.05, 0.1) is 23.2 Å². The molecule has 8 rings (SSSR count). The van der Waals surface area contributed by atoms with Crippen molar-refractivity contribution in [1.82, 2.24) is 15.2 Å². The maximum Gasteiger partial charge on any atom is 0.326 e. The third kappa shape index (κ3) is 9.62. The molecule has 0 aliphatic carbocycles. The molecule has 4 atom stereocenters. The first-order chi connectivity index (χ1) is 29.6. The van der Waals surface area contributed by atoms with E-state index in [0.717, 1.165) is 50.9 Å². The van der Waals surface area contributed by atoms with Gasteiger partial charge in [-0.15, -0.1) is 0 Å². The monoisotopic (exact) mass is 857 g/mol. The van der Waals surface area contributed by atoms with Crippen LogP contribution in [-0.2, 0) is 35.6 Å². The molecule has 0 radical (unpaired) electrons. The molecule has 0 saturated carbocycles. The summed E-state index contributed by atoms with van der Waals surface area (Å²) in [7, 11) is 1.57. The molecule has 1 aromatic heterocycles. The molecule has 5 aromatic carbocycles. The lowest BCUT2D eigenvalue weighted by atomic mass is 9.89. The van der Waals surface area contributed by atoms with Crippen LogP contribution in [0.2, 0.25) is 10.0 Å². The number of amides is 1. The lowest BCUT2D eigenvalue weighted by Gasteiger charge is -2.42. The molecule has 6 aromatic rings. The highest BCUT2D eigenvalue weighted by Gasteiger charge is 2.39. The summed E-state index contributed by atoms with van der Waals surface area (Å²) >= 11 is 12.2. The zero-order chi connectivity index (χ0) is 42.5. The number of aliphatic carboxylic acids is 1. The largest absolute Gasteiger partial charge is 0.489 e. The minimum absolute atomic E-state index is 0.105. The highest BCUT2D eigenvalue weighted by atomic mass is 35.5. The van der Waals surface area contributed by atoms with Crippen molar-refractivity contribution in [3.05, 3.63) is 171 Å². The van der Waals surface area contributed by atoms with E-state index in [0.29, 0.717) is 59.4 Å². The van der Waals surface area contributed by atoms with Crippen LogP contribution in [0.5, 0.6) is 23.1 Å². The van der Waals surface area contributed by atoms with Crippen LogP contribution >= 0.6 is 23.2 Å². The molecule has 2 N–H and O–H groups in total. The molecule has 12 heteroatoms. The SMILES string of the molecule is CCC(c1ccccc1)N1Cc2cc3c(cc2CC1C(=O)NC(Cc1ccc(-c2ccnc(OC)c2)cc1)C(=O)O)OCC(c1ccc(OCc2ccc(Cl)c(Cl)c2)cc1)O3. The van der Waals surface area contributed by atoms with E-state index in [1.54, 1.807) is 25.4 Å². The van der Waals surface area contributed by atoms with Gasteiger partial charge in [0.1, 0.15) is 25.0 Å². The Bertz CT molecular complexity index is 2500. The topological polar surface area (TPSA) is 119 Å². The van der Waals surface area contributed by atoms with Gasteiger partial charge < -0.3 is 29.4 Å². The number of pyridine rings is 1. The van der Waals surface area contributed by atoms with Crippen molar-refractivity contribution in [2.24, 2.45) is 0 Å². The Hall–Kier alpha value is -6.07. The molecule has 4 unspecified atom stereocenters. The molecule has 0 fully saturated rings. The molecule has 0 saturated heterocycles. The van der Waals surface area contributed by atoms with E-state index >= 15 is 0 Å². The van der Waals surface area contributed by atoms with Gasteiger partial charge in [0.2, 0.25) is 11.8 Å². The molecule has 61 heavy (non-hydrogen) atoms. The van der Waals surface area contributed by atoms with Crippen LogP contribution in [-0.4, -0.2) is 52.7 Å². The number of nitrogens with zero attached hydrogens (tertiary/aromatic N) is 2. The van der Waals surface area contributed by atoms with E-state index in [1.165, 1.54) is 0 Å². The number of carbonyl (C=O) groups excluding carboxylic acids is 1. The Labute approximate surface area is 365 Å². The Morgan fingerprint density at radius 1 is 0.869 bits per heavy atom. The average Bonchev–Trinajstić information content (AvgIpc) is 3.29. The van der Waals surface area contributed by atoms with Crippen molar-refractivity contribution in [2.45, 2.75) is 63.6 Å². The van der Waals surface area contributed by atoms with Crippen molar-refractivity contribution >= 4 is 35.1 Å². The number of fused-ring (bicyclic) bond motifs is 2. The summed E-state index contributed by atoms with van der Waals surface area (Å²) in [6, 6.07) is 36.7. The standard InChI is InChI=1S/C49H45Cl2N3O7/c1-3-42(33-7-5-4-6-8-33)54-27-37-25-45-44(60-29-46(61-45)34-14-16-38(17-15-34)59-28-31-11-18-39(50)40(51)21-31)24-36(37)23-43(54)48(55)53-41(49(56)57)22-30-9-12-32(13-10-30)35-19-20-52-47(26-35)58-2/h4-21,24-26,41-43,46H,3,22-23,27-29H2,1-2H3,(H,53,55)(H,56,57). The first-order valence-corrected chi connectivity index (χ1v) is 21.0. The maximum atomic E-state index is 14.4. The zero-order valence-electron chi connectivity index (χ0n) is 33.7. The van der Waals surface area contributed by atoms with E-state index in [-0.39, 0.29) is 24.5 Å². The second-order valence-electron chi connectivity index (χ2n) is 15.2. The van der Waals surface area contributed by atoms with Gasteiger partial charge in [-0.1, -0.05) is 103 Å². The summed E-state index contributed by atoms with van der Waals surface area (Å²) < 4.78 is 24.1. The number of rotatable bonds is 14. The molecule has 10 nitrogen and oxygen atoms in total. The normalized spacial score (nSPS) is 16.8. The van der Waals surface area contributed by atoms with Crippen LogP contribution < -0.4 is 24.3 Å². The lowest BCUT2D eigenvalue weighted by molar-refractivity contribution is -0.143. The fraction of sp³-hybridized carbons (Fsp3) is 0.245. The average molecular weight is 859 g/mol. The van der Waals surface area contributed by atoms with Crippen molar-refractivity contribution in [3.8, 4) is 34.3 Å². The minimum Gasteiger partial charge on any atom is -0.489 e. The molecule has 0 spiro atoms. The maximum absolute atomic E-state index is 14.4. The predicted octanol–water partition coefficient (Wildman–Crippen LogP) is 9.85. The van der Waals surface area contributed by atoms with Crippen LogP contribution in [0.1, 0.15) is 58.9 Å². The number of carbonyl (C=O) groups is 2. The molecule has 1 amide bonds. The second kappa shape index (κ2) is 18.7. The van der Waals surface area contributed by atoms with Crippen molar-refractivity contribution < 1.29 is 33.6 Å². The number of methoxy groups -OCH3 is 1. The van der Waals surface area contributed by atoms with Crippen molar-refractivity contribution in [3.63, 3.8) is 0 Å². The minimum atomic E-state index is -1.14. The van der Waals surface area contributed by atoms with Gasteiger partial charge in [0.15, 0.2) is 17.6 Å². The number of carboxylic acid groups (broad SMARTS) is 1. The molecular formula is C49H45Cl2N3O7. The summed E-state index contributed by atoms with van der Waals surface area (Å²) in [5, 5.41) is 14.3. The second-order valence-corrected chi connectivity index (χ2v) is 16.0. The molecule has 0 bridgehead atoms. The molecule has 2 aliphatic rings. The Kier molecular flexibility index (Phi) is 12.8. The smallest absolute Gasteiger partial charge is 0.326 e. The zero-order valence-corrected chi connectivity index (χ0v) is 35.2. The van der Waals surface area contributed by atoms with Gasteiger partial charge in [-0.05, 0) is 99.8 Å². The first-order valence-electron chi connectivity index (χ1n) is 20.2. The highest BCUT2D eigenvalue weighted by Crippen LogP contribution is 2.43. The van der Waals surface area contributed by atoms with E-state index in [9.17, 15) is 14.7 Å². The summed E-state index contributed by atoms with van der Waals surface area (Å²) in [5.41, 5.74) is 7.56. The number of nitrogens with one attached hydrogen (secondary N) is 1. The Morgan fingerprint density at radius 2 is 1.62 bits per heavy atom. The molecule has 3 heterocycles. The van der Waals surface area contributed by atoms with Gasteiger partial charge in [0, 0.05) is 31.3 Å². The number of hydrogen-bond donors (Lipinski definition) is 2. The number of benzene rings is 5. The summed E-state index contributed by atoms with van der Waals surface area (Å²) in [6.45, 7) is 3.20. The predicted molar refractivity (Wildman–Crippen MR) is 235 cm³/mol. The quantitative estimate of drug-likeness (QED) is 0.110. The van der Waals surface area contributed by atoms with Gasteiger partial charge in [-0.2, -0.15) is 0 Å². The third-order valence-electron chi connectivity index (χ3n) is 11.3. The Balaban J connectivity index is 0.989. The fourth-order valence-electron chi connectivity index (χ4n) is 8.06. The molecular weight excluding hydrogens is 813 g/mol. The number of halogens is 2. The molecule has 2 aliphatic heterocycles. The van der Waals surface area contributed by atoms with Crippen LogP contribution in [0.15, 0.2) is 128 Å².